The molecule has 92 valence electrons. The molecule has 6 heteroatoms. The van der Waals surface area contributed by atoms with Gasteiger partial charge >= 0.3 is 0 Å². The SMILES string of the molecule is N#Cc1ncn(Cc2ccc(-n3cccn3)cc2)n1. The Morgan fingerprint density at radius 2 is 2.05 bits per heavy atom. The molecule has 0 atom stereocenters. The van der Waals surface area contributed by atoms with Crippen molar-refractivity contribution in [1.82, 2.24) is 24.5 Å². The zero-order valence-corrected chi connectivity index (χ0v) is 10.0. The van der Waals surface area contributed by atoms with Gasteiger partial charge in [0.2, 0.25) is 0 Å². The van der Waals surface area contributed by atoms with Gasteiger partial charge in [-0.05, 0) is 23.8 Å². The van der Waals surface area contributed by atoms with Crippen LogP contribution in [0.1, 0.15) is 11.4 Å². The molecular weight excluding hydrogens is 240 g/mol. The van der Waals surface area contributed by atoms with Crippen LogP contribution in [0.2, 0.25) is 0 Å². The number of aromatic nitrogens is 5. The van der Waals surface area contributed by atoms with Gasteiger partial charge in [0.25, 0.3) is 5.82 Å². The first-order chi connectivity index (χ1) is 9.35. The molecule has 0 spiro atoms. The van der Waals surface area contributed by atoms with Crippen LogP contribution in [0.3, 0.4) is 0 Å². The summed E-state index contributed by atoms with van der Waals surface area (Å²) >= 11 is 0. The molecule has 3 aromatic rings. The monoisotopic (exact) mass is 250 g/mol. The highest BCUT2D eigenvalue weighted by molar-refractivity contribution is 5.33. The molecule has 0 aliphatic rings. The number of hydrogen-bond donors (Lipinski definition) is 0. The summed E-state index contributed by atoms with van der Waals surface area (Å²) < 4.78 is 3.44. The summed E-state index contributed by atoms with van der Waals surface area (Å²) in [5.41, 5.74) is 2.09. The lowest BCUT2D eigenvalue weighted by Gasteiger charge is -2.04. The van der Waals surface area contributed by atoms with Crippen molar-refractivity contribution in [3.63, 3.8) is 0 Å². The molecule has 0 aliphatic carbocycles. The summed E-state index contributed by atoms with van der Waals surface area (Å²) in [6.07, 6.45) is 5.19. The fourth-order valence-corrected chi connectivity index (χ4v) is 1.78. The summed E-state index contributed by atoms with van der Waals surface area (Å²) in [6, 6.07) is 11.8. The summed E-state index contributed by atoms with van der Waals surface area (Å²) in [5.74, 6) is 0.188. The molecule has 0 unspecified atom stereocenters. The van der Waals surface area contributed by atoms with Crippen LogP contribution in [0.15, 0.2) is 49.1 Å². The first-order valence-electron chi connectivity index (χ1n) is 5.74. The van der Waals surface area contributed by atoms with Gasteiger partial charge in [-0.3, -0.25) is 0 Å². The number of nitrogens with zero attached hydrogens (tertiary/aromatic N) is 6. The number of nitriles is 1. The first-order valence-corrected chi connectivity index (χ1v) is 5.74. The summed E-state index contributed by atoms with van der Waals surface area (Å²) in [7, 11) is 0. The predicted octanol–water partition coefficient (Wildman–Crippen LogP) is 1.38. The van der Waals surface area contributed by atoms with Crippen molar-refractivity contribution in [3.8, 4) is 11.8 Å². The molecule has 0 fully saturated rings. The van der Waals surface area contributed by atoms with Gasteiger partial charge in [0.05, 0.1) is 12.2 Å². The van der Waals surface area contributed by atoms with Gasteiger partial charge in [0.15, 0.2) is 0 Å². The van der Waals surface area contributed by atoms with Crippen LogP contribution in [0.5, 0.6) is 0 Å². The van der Waals surface area contributed by atoms with Gasteiger partial charge in [-0.15, -0.1) is 5.10 Å². The van der Waals surface area contributed by atoms with Crippen LogP contribution >= 0.6 is 0 Å². The van der Waals surface area contributed by atoms with Crippen LogP contribution in [0.4, 0.5) is 0 Å². The predicted molar refractivity (Wildman–Crippen MR) is 67.4 cm³/mol. The molecule has 1 aromatic carbocycles. The van der Waals surface area contributed by atoms with Crippen LogP contribution in [-0.4, -0.2) is 24.5 Å². The second-order valence-corrected chi connectivity index (χ2v) is 3.99. The van der Waals surface area contributed by atoms with E-state index in [1.165, 1.54) is 0 Å². The van der Waals surface area contributed by atoms with Crippen molar-refractivity contribution in [3.05, 3.63) is 60.4 Å². The van der Waals surface area contributed by atoms with Gasteiger partial charge in [-0.25, -0.2) is 14.3 Å². The van der Waals surface area contributed by atoms with E-state index in [0.29, 0.717) is 6.54 Å². The standard InChI is InChI=1S/C13H10N6/c14-8-13-15-10-18(17-13)9-11-2-4-12(5-3-11)19-7-1-6-16-19/h1-7,10H,9H2. The third-order valence-corrected chi connectivity index (χ3v) is 2.69. The van der Waals surface area contributed by atoms with Gasteiger partial charge in [-0.2, -0.15) is 10.4 Å². The van der Waals surface area contributed by atoms with Gasteiger partial charge in [0, 0.05) is 12.4 Å². The lowest BCUT2D eigenvalue weighted by Crippen LogP contribution is -2.01. The Bertz CT molecular complexity index is 702. The Labute approximate surface area is 109 Å². The number of benzene rings is 1. The maximum atomic E-state index is 8.66. The average Bonchev–Trinajstić information content (AvgIpc) is 3.10. The van der Waals surface area contributed by atoms with E-state index < -0.39 is 0 Å². The van der Waals surface area contributed by atoms with E-state index >= 15 is 0 Å². The molecule has 0 saturated carbocycles. The van der Waals surface area contributed by atoms with E-state index in [1.807, 2.05) is 42.6 Å². The van der Waals surface area contributed by atoms with Crippen LogP contribution in [0.25, 0.3) is 5.69 Å². The summed E-state index contributed by atoms with van der Waals surface area (Å²) in [6.45, 7) is 0.591. The van der Waals surface area contributed by atoms with Crippen molar-refractivity contribution in [2.45, 2.75) is 6.54 Å². The zero-order valence-electron chi connectivity index (χ0n) is 10.0. The van der Waals surface area contributed by atoms with Crippen LogP contribution < -0.4 is 0 Å². The fourth-order valence-electron chi connectivity index (χ4n) is 1.78. The van der Waals surface area contributed by atoms with E-state index in [0.717, 1.165) is 11.3 Å². The molecular formula is C13H10N6. The summed E-state index contributed by atoms with van der Waals surface area (Å²) in [5, 5.41) is 16.9. The van der Waals surface area contributed by atoms with E-state index in [1.54, 1.807) is 21.9 Å². The van der Waals surface area contributed by atoms with Crippen LogP contribution in [-0.2, 0) is 6.54 Å². The quantitative estimate of drug-likeness (QED) is 0.704. The maximum absolute atomic E-state index is 8.66. The minimum atomic E-state index is 0.188. The lowest BCUT2D eigenvalue weighted by atomic mass is 10.2. The highest BCUT2D eigenvalue weighted by Crippen LogP contribution is 2.09. The molecule has 0 saturated heterocycles. The molecule has 3 rings (SSSR count). The molecule has 0 bridgehead atoms. The van der Waals surface area contributed by atoms with E-state index in [-0.39, 0.29) is 5.82 Å². The van der Waals surface area contributed by atoms with Gasteiger partial charge < -0.3 is 0 Å². The third kappa shape index (κ3) is 2.35. The molecule has 0 aliphatic heterocycles. The van der Waals surface area contributed by atoms with Gasteiger partial charge in [-0.1, -0.05) is 12.1 Å². The Kier molecular flexibility index (Phi) is 2.79. The molecule has 2 aromatic heterocycles. The zero-order chi connectivity index (χ0) is 13.1. The van der Waals surface area contributed by atoms with Crippen molar-refractivity contribution in [2.75, 3.05) is 0 Å². The van der Waals surface area contributed by atoms with E-state index in [2.05, 4.69) is 15.2 Å². The smallest absolute Gasteiger partial charge is 0.247 e. The molecule has 19 heavy (non-hydrogen) atoms. The second kappa shape index (κ2) is 4.74. The number of rotatable bonds is 3. The minimum Gasteiger partial charge on any atom is -0.247 e. The average molecular weight is 250 g/mol. The van der Waals surface area contributed by atoms with Crippen LogP contribution in [0, 0.1) is 11.3 Å². The molecule has 6 nitrogen and oxygen atoms in total. The number of hydrogen-bond acceptors (Lipinski definition) is 4. The lowest BCUT2D eigenvalue weighted by molar-refractivity contribution is 0.682. The largest absolute Gasteiger partial charge is 0.252 e. The second-order valence-electron chi connectivity index (χ2n) is 3.99. The van der Waals surface area contributed by atoms with Crippen molar-refractivity contribution < 1.29 is 0 Å². The maximum Gasteiger partial charge on any atom is 0.252 e. The Balaban J connectivity index is 1.78. The summed E-state index contributed by atoms with van der Waals surface area (Å²) in [4.78, 5) is 3.87. The molecule has 2 heterocycles. The van der Waals surface area contributed by atoms with Crippen molar-refractivity contribution in [1.29, 1.82) is 5.26 Å². The molecule has 0 radical (unpaired) electrons. The molecule has 0 amide bonds. The first kappa shape index (κ1) is 11.2. The van der Waals surface area contributed by atoms with Crippen molar-refractivity contribution in [2.24, 2.45) is 0 Å². The highest BCUT2D eigenvalue weighted by Gasteiger charge is 2.01. The third-order valence-electron chi connectivity index (χ3n) is 2.69. The fraction of sp³-hybridized carbons (Fsp3) is 0.0769. The Morgan fingerprint density at radius 3 is 2.68 bits per heavy atom. The topological polar surface area (TPSA) is 72.3 Å². The van der Waals surface area contributed by atoms with Crippen molar-refractivity contribution >= 4 is 0 Å². The minimum absolute atomic E-state index is 0.188. The van der Waals surface area contributed by atoms with E-state index in [9.17, 15) is 0 Å². The van der Waals surface area contributed by atoms with Gasteiger partial charge in [0.1, 0.15) is 12.4 Å². The van der Waals surface area contributed by atoms with E-state index in [4.69, 9.17) is 5.26 Å². The molecule has 0 N–H and O–H groups in total. The Hall–Kier alpha value is -2.94. The normalized spacial score (nSPS) is 10.3. The Morgan fingerprint density at radius 1 is 1.21 bits per heavy atom. The highest BCUT2D eigenvalue weighted by atomic mass is 15.3.